The average molecular weight is 249 g/mol. The molecule has 1 aromatic carbocycles. The first kappa shape index (κ1) is 12.2. The molecule has 3 heteroatoms. The number of aryl methyl sites for hydroxylation is 1. The predicted molar refractivity (Wildman–Crippen MR) is 71.9 cm³/mol. The van der Waals surface area contributed by atoms with Gasteiger partial charge in [0.05, 0.1) is 17.3 Å². The first-order valence-electron chi connectivity index (χ1n) is 5.83. The van der Waals surface area contributed by atoms with Crippen molar-refractivity contribution in [2.45, 2.75) is 32.6 Å². The van der Waals surface area contributed by atoms with Gasteiger partial charge in [-0.2, -0.15) is 5.10 Å². The third kappa shape index (κ3) is 2.52. The molecule has 0 fully saturated rings. The number of benzene rings is 1. The van der Waals surface area contributed by atoms with Gasteiger partial charge in [0.2, 0.25) is 0 Å². The van der Waals surface area contributed by atoms with Gasteiger partial charge in [-0.1, -0.05) is 26.0 Å². The van der Waals surface area contributed by atoms with Crippen LogP contribution in [0.4, 0.5) is 0 Å². The lowest BCUT2D eigenvalue weighted by atomic mass is 10.0. The van der Waals surface area contributed by atoms with Gasteiger partial charge < -0.3 is 0 Å². The zero-order valence-corrected chi connectivity index (χ0v) is 11.2. The zero-order valence-electron chi connectivity index (χ0n) is 10.4. The Bertz CT molecular complexity index is 497. The van der Waals surface area contributed by atoms with Crippen LogP contribution in [0.15, 0.2) is 30.3 Å². The Hall–Kier alpha value is -1.28. The van der Waals surface area contributed by atoms with Crippen LogP contribution in [-0.2, 0) is 5.88 Å². The summed E-state index contributed by atoms with van der Waals surface area (Å²) in [5.41, 5.74) is 4.45. The molecule has 2 rings (SSSR count). The lowest BCUT2D eigenvalue weighted by Crippen LogP contribution is -1.99. The van der Waals surface area contributed by atoms with E-state index in [-0.39, 0.29) is 0 Å². The lowest BCUT2D eigenvalue weighted by molar-refractivity contribution is 0.824. The van der Waals surface area contributed by atoms with Crippen molar-refractivity contribution in [2.75, 3.05) is 0 Å². The summed E-state index contributed by atoms with van der Waals surface area (Å²) in [6, 6.07) is 10.5. The smallest absolute Gasteiger partial charge is 0.0779 e. The van der Waals surface area contributed by atoms with Gasteiger partial charge in [-0.15, -0.1) is 11.6 Å². The van der Waals surface area contributed by atoms with E-state index in [0.29, 0.717) is 11.8 Å². The largest absolute Gasteiger partial charge is 0.238 e. The topological polar surface area (TPSA) is 17.8 Å². The molecule has 0 bridgehead atoms. The molecule has 0 amide bonds. The van der Waals surface area contributed by atoms with Gasteiger partial charge >= 0.3 is 0 Å². The number of halogens is 1. The molecule has 0 spiro atoms. The number of alkyl halides is 1. The van der Waals surface area contributed by atoms with E-state index in [1.165, 1.54) is 5.56 Å². The molecule has 0 saturated carbocycles. The fraction of sp³-hybridized carbons (Fsp3) is 0.357. The molecule has 0 aliphatic carbocycles. The molecule has 17 heavy (non-hydrogen) atoms. The minimum Gasteiger partial charge on any atom is -0.238 e. The molecule has 0 aliphatic rings. The summed E-state index contributed by atoms with van der Waals surface area (Å²) in [5.74, 6) is 1.01. The Morgan fingerprint density at radius 3 is 2.35 bits per heavy atom. The van der Waals surface area contributed by atoms with Gasteiger partial charge in [-0.25, -0.2) is 4.68 Å². The van der Waals surface area contributed by atoms with Gasteiger partial charge in [-0.05, 0) is 36.6 Å². The van der Waals surface area contributed by atoms with E-state index >= 15 is 0 Å². The van der Waals surface area contributed by atoms with Crippen molar-refractivity contribution >= 4 is 11.6 Å². The predicted octanol–water partition coefficient (Wildman–Crippen LogP) is 4.04. The van der Waals surface area contributed by atoms with E-state index < -0.39 is 0 Å². The Labute approximate surface area is 107 Å². The summed E-state index contributed by atoms with van der Waals surface area (Å²) >= 11 is 5.79. The quantitative estimate of drug-likeness (QED) is 0.750. The summed E-state index contributed by atoms with van der Waals surface area (Å²) < 4.78 is 1.93. The van der Waals surface area contributed by atoms with Gasteiger partial charge in [0, 0.05) is 5.69 Å². The van der Waals surface area contributed by atoms with Crippen molar-refractivity contribution in [1.82, 2.24) is 9.78 Å². The first-order valence-corrected chi connectivity index (χ1v) is 6.37. The second kappa shape index (κ2) is 4.92. The van der Waals surface area contributed by atoms with E-state index in [4.69, 9.17) is 11.6 Å². The highest BCUT2D eigenvalue weighted by Gasteiger charge is 2.06. The number of rotatable bonds is 3. The van der Waals surface area contributed by atoms with Crippen molar-refractivity contribution in [3.8, 4) is 5.69 Å². The van der Waals surface area contributed by atoms with E-state index in [2.05, 4.69) is 43.2 Å². The summed E-state index contributed by atoms with van der Waals surface area (Å²) in [7, 11) is 0. The van der Waals surface area contributed by atoms with E-state index in [1.807, 2.05) is 17.7 Å². The van der Waals surface area contributed by atoms with E-state index in [9.17, 15) is 0 Å². The Morgan fingerprint density at radius 1 is 1.24 bits per heavy atom. The molecular formula is C14H17ClN2. The number of hydrogen-bond acceptors (Lipinski definition) is 1. The van der Waals surface area contributed by atoms with Crippen molar-refractivity contribution in [3.63, 3.8) is 0 Å². The van der Waals surface area contributed by atoms with Crippen LogP contribution < -0.4 is 0 Å². The molecule has 0 saturated heterocycles. The molecule has 0 aliphatic heterocycles. The molecule has 0 radical (unpaired) electrons. The van der Waals surface area contributed by atoms with Crippen molar-refractivity contribution in [1.29, 1.82) is 0 Å². The number of aromatic nitrogens is 2. The Kier molecular flexibility index (Phi) is 3.53. The Morgan fingerprint density at radius 2 is 1.88 bits per heavy atom. The lowest BCUT2D eigenvalue weighted by Gasteiger charge is -2.08. The van der Waals surface area contributed by atoms with Crippen LogP contribution in [0, 0.1) is 6.92 Å². The van der Waals surface area contributed by atoms with Gasteiger partial charge in [-0.3, -0.25) is 0 Å². The summed E-state index contributed by atoms with van der Waals surface area (Å²) in [4.78, 5) is 0. The molecule has 2 aromatic rings. The second-order valence-electron chi connectivity index (χ2n) is 4.57. The molecule has 0 unspecified atom stereocenters. The number of nitrogens with zero attached hydrogens (tertiary/aromatic N) is 2. The van der Waals surface area contributed by atoms with Crippen LogP contribution in [-0.4, -0.2) is 9.78 Å². The van der Waals surface area contributed by atoms with Gasteiger partial charge in [0.1, 0.15) is 0 Å². The molecule has 2 nitrogen and oxygen atoms in total. The summed E-state index contributed by atoms with van der Waals surface area (Å²) in [6.45, 7) is 6.43. The fourth-order valence-corrected chi connectivity index (χ4v) is 2.00. The average Bonchev–Trinajstić information content (AvgIpc) is 2.71. The standard InChI is InChI=1S/C14H17ClN2/c1-10(2)12-4-6-14(7-5-12)17-11(3)8-13(9-15)16-17/h4-8,10H,9H2,1-3H3. The summed E-state index contributed by atoms with van der Waals surface area (Å²) in [6.07, 6.45) is 0. The van der Waals surface area contributed by atoms with Crippen LogP contribution in [0.3, 0.4) is 0 Å². The van der Waals surface area contributed by atoms with Gasteiger partial charge in [0.25, 0.3) is 0 Å². The normalized spacial score (nSPS) is 11.1. The minimum atomic E-state index is 0.456. The third-order valence-corrected chi connectivity index (χ3v) is 3.15. The fourth-order valence-electron chi connectivity index (χ4n) is 1.87. The van der Waals surface area contributed by atoms with Crippen molar-refractivity contribution in [2.24, 2.45) is 0 Å². The van der Waals surface area contributed by atoms with Crippen LogP contribution >= 0.6 is 11.6 Å². The maximum absolute atomic E-state index is 5.79. The molecular weight excluding hydrogens is 232 g/mol. The molecule has 0 atom stereocenters. The van der Waals surface area contributed by atoms with E-state index in [1.54, 1.807) is 0 Å². The van der Waals surface area contributed by atoms with Crippen LogP contribution in [0.25, 0.3) is 5.69 Å². The zero-order chi connectivity index (χ0) is 12.4. The molecule has 1 heterocycles. The highest BCUT2D eigenvalue weighted by Crippen LogP contribution is 2.18. The highest BCUT2D eigenvalue weighted by molar-refractivity contribution is 6.16. The van der Waals surface area contributed by atoms with Crippen LogP contribution in [0.5, 0.6) is 0 Å². The monoisotopic (exact) mass is 248 g/mol. The maximum Gasteiger partial charge on any atom is 0.0779 e. The van der Waals surface area contributed by atoms with E-state index in [0.717, 1.165) is 17.1 Å². The minimum absolute atomic E-state index is 0.456. The van der Waals surface area contributed by atoms with Crippen molar-refractivity contribution in [3.05, 3.63) is 47.3 Å². The third-order valence-electron chi connectivity index (χ3n) is 2.88. The summed E-state index contributed by atoms with van der Waals surface area (Å²) in [5, 5.41) is 4.46. The van der Waals surface area contributed by atoms with Gasteiger partial charge in [0.15, 0.2) is 0 Å². The van der Waals surface area contributed by atoms with Crippen molar-refractivity contribution < 1.29 is 0 Å². The molecule has 90 valence electrons. The number of hydrogen-bond donors (Lipinski definition) is 0. The first-order chi connectivity index (χ1) is 8.11. The SMILES string of the molecule is Cc1cc(CCl)nn1-c1ccc(C(C)C)cc1. The Balaban J connectivity index is 2.36. The molecule has 0 N–H and O–H groups in total. The van der Waals surface area contributed by atoms with Crippen LogP contribution in [0.1, 0.15) is 36.7 Å². The highest BCUT2D eigenvalue weighted by atomic mass is 35.5. The molecule has 1 aromatic heterocycles. The second-order valence-corrected chi connectivity index (χ2v) is 4.84. The van der Waals surface area contributed by atoms with Crippen LogP contribution in [0.2, 0.25) is 0 Å². The maximum atomic E-state index is 5.79.